The Morgan fingerprint density at radius 2 is 2.06 bits per heavy atom. The highest BCUT2D eigenvalue weighted by Crippen LogP contribution is 2.27. The summed E-state index contributed by atoms with van der Waals surface area (Å²) in [7, 11) is -1.67. The molecule has 1 N–H and O–H groups in total. The summed E-state index contributed by atoms with van der Waals surface area (Å²) in [5.41, 5.74) is 1.62. The summed E-state index contributed by atoms with van der Waals surface area (Å²) < 4.78 is 31.0. The van der Waals surface area contributed by atoms with Crippen molar-refractivity contribution in [2.45, 2.75) is 26.8 Å². The van der Waals surface area contributed by atoms with Crippen LogP contribution in [-0.4, -0.2) is 21.3 Å². The number of ether oxygens (including phenoxy) is 1. The smallest absolute Gasteiger partial charge is 0.211 e. The summed E-state index contributed by atoms with van der Waals surface area (Å²) in [5, 5.41) is 0.568. The number of sulfonamides is 1. The number of aryl methyl sites for hydroxylation is 1. The van der Waals surface area contributed by atoms with Crippen molar-refractivity contribution in [2.24, 2.45) is 0 Å². The fourth-order valence-electron chi connectivity index (χ4n) is 1.75. The highest BCUT2D eigenvalue weighted by Gasteiger charge is 2.12. The van der Waals surface area contributed by atoms with Gasteiger partial charge in [-0.15, -0.1) is 0 Å². The third kappa shape index (κ3) is 4.15. The van der Waals surface area contributed by atoms with Crippen LogP contribution in [0.15, 0.2) is 12.1 Å². The van der Waals surface area contributed by atoms with Crippen LogP contribution >= 0.6 is 11.6 Å². The molecular weight excluding hydrogens is 274 g/mol. The predicted octanol–water partition coefficient (Wildman–Crippen LogP) is 2.49. The first-order chi connectivity index (χ1) is 8.39. The highest BCUT2D eigenvalue weighted by molar-refractivity contribution is 7.89. The highest BCUT2D eigenvalue weighted by atomic mass is 35.5. The van der Waals surface area contributed by atoms with Crippen LogP contribution in [0.4, 0.5) is 0 Å². The molecule has 1 aromatic carbocycles. The Kier molecular flexibility index (Phi) is 5.44. The third-order valence-corrected chi connectivity index (χ3v) is 4.22. The lowest BCUT2D eigenvalue weighted by atomic mass is 10.1. The molecule has 6 heteroatoms. The van der Waals surface area contributed by atoms with Crippen LogP contribution in [0, 0.1) is 6.92 Å². The molecular formula is C12H18ClNO3S. The first kappa shape index (κ1) is 15.3. The molecule has 0 amide bonds. The van der Waals surface area contributed by atoms with E-state index in [1.807, 2.05) is 13.8 Å². The summed E-state index contributed by atoms with van der Waals surface area (Å²) in [5.74, 6) is 0.785. The van der Waals surface area contributed by atoms with Crippen molar-refractivity contribution in [2.75, 3.05) is 12.9 Å². The number of methoxy groups -OCH3 is 1. The zero-order valence-corrected chi connectivity index (χ0v) is 12.4. The Hall–Kier alpha value is -0.780. The van der Waals surface area contributed by atoms with Crippen molar-refractivity contribution in [3.05, 3.63) is 28.3 Å². The molecule has 0 bridgehead atoms. The summed E-state index contributed by atoms with van der Waals surface area (Å²) in [6.07, 6.45) is 0.584. The topological polar surface area (TPSA) is 55.4 Å². The first-order valence-corrected chi connectivity index (χ1v) is 7.73. The van der Waals surface area contributed by atoms with Gasteiger partial charge in [0.1, 0.15) is 5.75 Å². The van der Waals surface area contributed by atoms with Crippen molar-refractivity contribution < 1.29 is 13.2 Å². The Labute approximate surface area is 113 Å². The number of nitrogens with one attached hydrogen (secondary N) is 1. The molecule has 18 heavy (non-hydrogen) atoms. The van der Waals surface area contributed by atoms with E-state index in [0.29, 0.717) is 17.2 Å². The van der Waals surface area contributed by atoms with Crippen molar-refractivity contribution in [1.82, 2.24) is 4.72 Å². The SMILES string of the molecule is CCCS(=O)(=O)NCc1cc(Cl)cc(C)c1OC. The van der Waals surface area contributed by atoms with Gasteiger partial charge in [0, 0.05) is 17.1 Å². The molecule has 0 heterocycles. The fourth-order valence-corrected chi connectivity index (χ4v) is 3.10. The van der Waals surface area contributed by atoms with Crippen LogP contribution < -0.4 is 9.46 Å². The van der Waals surface area contributed by atoms with Gasteiger partial charge in [-0.3, -0.25) is 0 Å². The molecule has 0 fully saturated rings. The molecule has 0 aliphatic rings. The minimum atomic E-state index is -3.23. The van der Waals surface area contributed by atoms with Crippen LogP contribution in [0.1, 0.15) is 24.5 Å². The monoisotopic (exact) mass is 291 g/mol. The van der Waals surface area contributed by atoms with Crippen molar-refractivity contribution in [1.29, 1.82) is 0 Å². The maximum atomic E-state index is 11.6. The molecule has 0 aromatic heterocycles. The number of benzene rings is 1. The van der Waals surface area contributed by atoms with Crippen LogP contribution in [-0.2, 0) is 16.6 Å². The lowest BCUT2D eigenvalue weighted by Crippen LogP contribution is -2.25. The quantitative estimate of drug-likeness (QED) is 0.876. The third-order valence-electron chi connectivity index (χ3n) is 2.48. The van der Waals surface area contributed by atoms with E-state index in [9.17, 15) is 8.42 Å². The van der Waals surface area contributed by atoms with Crippen LogP contribution in [0.2, 0.25) is 5.02 Å². The van der Waals surface area contributed by atoms with Gasteiger partial charge < -0.3 is 4.74 Å². The number of halogens is 1. The second kappa shape index (κ2) is 6.41. The molecule has 0 saturated heterocycles. The van der Waals surface area contributed by atoms with Crippen molar-refractivity contribution in [3.8, 4) is 5.75 Å². The van der Waals surface area contributed by atoms with E-state index < -0.39 is 10.0 Å². The van der Waals surface area contributed by atoms with E-state index in [4.69, 9.17) is 16.3 Å². The first-order valence-electron chi connectivity index (χ1n) is 5.70. The Balaban J connectivity index is 2.91. The maximum Gasteiger partial charge on any atom is 0.211 e. The van der Waals surface area contributed by atoms with E-state index in [1.165, 1.54) is 0 Å². The minimum absolute atomic E-state index is 0.120. The van der Waals surface area contributed by atoms with Gasteiger partial charge >= 0.3 is 0 Å². The number of hydrogen-bond donors (Lipinski definition) is 1. The molecule has 0 unspecified atom stereocenters. The van der Waals surface area contributed by atoms with Gasteiger partial charge in [0.15, 0.2) is 0 Å². The van der Waals surface area contributed by atoms with Gasteiger partial charge in [-0.05, 0) is 31.0 Å². The lowest BCUT2D eigenvalue weighted by Gasteiger charge is -2.13. The molecule has 0 spiro atoms. The van der Waals surface area contributed by atoms with Crippen LogP contribution in [0.3, 0.4) is 0 Å². The van der Waals surface area contributed by atoms with Gasteiger partial charge in [-0.2, -0.15) is 0 Å². The summed E-state index contributed by atoms with van der Waals surface area (Å²) >= 11 is 5.96. The minimum Gasteiger partial charge on any atom is -0.496 e. The van der Waals surface area contributed by atoms with E-state index in [0.717, 1.165) is 11.1 Å². The zero-order valence-electron chi connectivity index (χ0n) is 10.8. The van der Waals surface area contributed by atoms with Gasteiger partial charge in [-0.25, -0.2) is 13.1 Å². The zero-order chi connectivity index (χ0) is 13.8. The molecule has 1 rings (SSSR count). The number of rotatable bonds is 6. The summed E-state index contributed by atoms with van der Waals surface area (Å²) in [6.45, 7) is 3.88. The fraction of sp³-hybridized carbons (Fsp3) is 0.500. The largest absolute Gasteiger partial charge is 0.496 e. The molecule has 102 valence electrons. The lowest BCUT2D eigenvalue weighted by molar-refractivity contribution is 0.406. The molecule has 4 nitrogen and oxygen atoms in total. The van der Waals surface area contributed by atoms with E-state index >= 15 is 0 Å². The Morgan fingerprint density at radius 1 is 1.39 bits per heavy atom. The van der Waals surface area contributed by atoms with Crippen LogP contribution in [0.25, 0.3) is 0 Å². The molecule has 0 aliphatic heterocycles. The summed E-state index contributed by atoms with van der Waals surface area (Å²) in [4.78, 5) is 0. The summed E-state index contributed by atoms with van der Waals surface area (Å²) in [6, 6.07) is 3.49. The van der Waals surface area contributed by atoms with Crippen molar-refractivity contribution in [3.63, 3.8) is 0 Å². The second-order valence-electron chi connectivity index (χ2n) is 4.06. The van der Waals surface area contributed by atoms with E-state index in [-0.39, 0.29) is 12.3 Å². The average molecular weight is 292 g/mol. The van der Waals surface area contributed by atoms with Crippen molar-refractivity contribution >= 4 is 21.6 Å². The molecule has 0 aliphatic carbocycles. The van der Waals surface area contributed by atoms with Gasteiger partial charge in [-0.1, -0.05) is 18.5 Å². The second-order valence-corrected chi connectivity index (χ2v) is 6.42. The van der Waals surface area contributed by atoms with Gasteiger partial charge in [0.25, 0.3) is 0 Å². The molecule has 1 aromatic rings. The molecule has 0 radical (unpaired) electrons. The standard InChI is InChI=1S/C12H18ClNO3S/c1-4-5-18(15,16)14-8-10-7-11(13)6-9(2)12(10)17-3/h6-7,14H,4-5,8H2,1-3H3. The molecule has 0 atom stereocenters. The Morgan fingerprint density at radius 3 is 2.61 bits per heavy atom. The Bertz CT molecular complexity index is 514. The van der Waals surface area contributed by atoms with Gasteiger partial charge in [0.2, 0.25) is 10.0 Å². The predicted molar refractivity (Wildman–Crippen MR) is 73.7 cm³/mol. The number of hydrogen-bond acceptors (Lipinski definition) is 3. The normalized spacial score (nSPS) is 11.6. The van der Waals surface area contributed by atoms with Gasteiger partial charge in [0.05, 0.1) is 12.9 Å². The average Bonchev–Trinajstić information content (AvgIpc) is 2.26. The van der Waals surface area contributed by atoms with E-state index in [2.05, 4.69) is 4.72 Å². The molecule has 0 saturated carbocycles. The maximum absolute atomic E-state index is 11.6. The van der Waals surface area contributed by atoms with Crippen LogP contribution in [0.5, 0.6) is 5.75 Å². The van der Waals surface area contributed by atoms with E-state index in [1.54, 1.807) is 19.2 Å².